The van der Waals surface area contributed by atoms with Crippen molar-refractivity contribution in [2.45, 2.75) is 38.5 Å². The minimum Gasteiger partial charge on any atom is -0.198 e. The van der Waals surface area contributed by atoms with Gasteiger partial charge in [-0.2, -0.15) is 5.26 Å². The molecular weight excluding hydrogens is 206 g/mol. The van der Waals surface area contributed by atoms with Gasteiger partial charge >= 0.3 is 0 Å². The smallest absolute Gasteiger partial charge is 0.0622 e. The molecule has 1 unspecified atom stereocenters. The fraction of sp³-hybridized carbons (Fsp3) is 0.438. The third-order valence-electron chi connectivity index (χ3n) is 3.65. The quantitative estimate of drug-likeness (QED) is 0.702. The van der Waals surface area contributed by atoms with Gasteiger partial charge in [0.05, 0.1) is 6.07 Å². The first kappa shape index (κ1) is 11.9. The van der Waals surface area contributed by atoms with Crippen molar-refractivity contribution in [1.82, 2.24) is 0 Å². The summed E-state index contributed by atoms with van der Waals surface area (Å²) in [5.74, 6) is 0. The molecule has 17 heavy (non-hydrogen) atoms. The third kappa shape index (κ3) is 3.20. The summed E-state index contributed by atoms with van der Waals surface area (Å²) in [5.41, 5.74) is 1.62. The Labute approximate surface area is 104 Å². The van der Waals surface area contributed by atoms with E-state index in [1.807, 2.05) is 0 Å². The summed E-state index contributed by atoms with van der Waals surface area (Å²) in [5, 5.41) is 8.80. The SMILES string of the molecule is N#CCCC1(Cc2ccccc2)C=CCCC1. The maximum atomic E-state index is 8.80. The number of allylic oxidation sites excluding steroid dienone is 2. The van der Waals surface area contributed by atoms with Gasteiger partial charge in [0.25, 0.3) is 0 Å². The predicted molar refractivity (Wildman–Crippen MR) is 70.4 cm³/mol. The fourth-order valence-electron chi connectivity index (χ4n) is 2.74. The summed E-state index contributed by atoms with van der Waals surface area (Å²) in [6.07, 6.45) is 11.1. The van der Waals surface area contributed by atoms with Crippen molar-refractivity contribution in [3.63, 3.8) is 0 Å². The van der Waals surface area contributed by atoms with E-state index < -0.39 is 0 Å². The van der Waals surface area contributed by atoms with E-state index >= 15 is 0 Å². The fourth-order valence-corrected chi connectivity index (χ4v) is 2.74. The van der Waals surface area contributed by atoms with Crippen molar-refractivity contribution in [1.29, 1.82) is 5.26 Å². The van der Waals surface area contributed by atoms with Crippen LogP contribution in [0, 0.1) is 16.7 Å². The van der Waals surface area contributed by atoms with Crippen molar-refractivity contribution in [3.8, 4) is 6.07 Å². The number of nitrogens with zero attached hydrogens (tertiary/aromatic N) is 1. The topological polar surface area (TPSA) is 23.8 Å². The Morgan fingerprint density at radius 3 is 2.71 bits per heavy atom. The maximum Gasteiger partial charge on any atom is 0.0622 e. The van der Waals surface area contributed by atoms with E-state index in [-0.39, 0.29) is 5.41 Å². The second kappa shape index (κ2) is 5.68. The van der Waals surface area contributed by atoms with Crippen LogP contribution in [0.1, 0.15) is 37.7 Å². The summed E-state index contributed by atoms with van der Waals surface area (Å²) >= 11 is 0. The zero-order valence-corrected chi connectivity index (χ0v) is 10.2. The highest BCUT2D eigenvalue weighted by Crippen LogP contribution is 2.38. The van der Waals surface area contributed by atoms with Gasteiger partial charge in [0, 0.05) is 6.42 Å². The van der Waals surface area contributed by atoms with Crippen molar-refractivity contribution >= 4 is 0 Å². The van der Waals surface area contributed by atoms with E-state index in [1.165, 1.54) is 24.8 Å². The molecule has 1 nitrogen and oxygen atoms in total. The largest absolute Gasteiger partial charge is 0.198 e. The lowest BCUT2D eigenvalue weighted by Gasteiger charge is -2.33. The molecule has 88 valence electrons. The van der Waals surface area contributed by atoms with Crippen LogP contribution in [-0.2, 0) is 6.42 Å². The van der Waals surface area contributed by atoms with E-state index in [1.54, 1.807) is 0 Å². The standard InChI is InChI=1S/C16H19N/c17-13-7-12-16(10-5-2-6-11-16)14-15-8-3-1-4-9-15/h1,3-5,8-10H,2,6-7,11-12,14H2. The Morgan fingerprint density at radius 1 is 1.24 bits per heavy atom. The highest BCUT2D eigenvalue weighted by Gasteiger charge is 2.28. The van der Waals surface area contributed by atoms with E-state index in [0.717, 1.165) is 12.8 Å². The minimum atomic E-state index is 0.231. The van der Waals surface area contributed by atoms with Gasteiger partial charge < -0.3 is 0 Å². The number of hydrogen-bond acceptors (Lipinski definition) is 1. The van der Waals surface area contributed by atoms with Crippen LogP contribution in [0.2, 0.25) is 0 Å². The molecule has 0 saturated heterocycles. The van der Waals surface area contributed by atoms with Gasteiger partial charge in [-0.05, 0) is 43.1 Å². The molecule has 0 N–H and O–H groups in total. The molecule has 0 heterocycles. The van der Waals surface area contributed by atoms with E-state index in [9.17, 15) is 0 Å². The van der Waals surface area contributed by atoms with Gasteiger partial charge in [-0.1, -0.05) is 42.5 Å². The summed E-state index contributed by atoms with van der Waals surface area (Å²) < 4.78 is 0. The van der Waals surface area contributed by atoms with Crippen molar-refractivity contribution in [2.24, 2.45) is 5.41 Å². The molecule has 0 fully saturated rings. The van der Waals surface area contributed by atoms with Gasteiger partial charge in [0.2, 0.25) is 0 Å². The van der Waals surface area contributed by atoms with Crippen LogP contribution in [0.5, 0.6) is 0 Å². The average Bonchev–Trinajstić information content (AvgIpc) is 2.39. The maximum absolute atomic E-state index is 8.80. The molecule has 1 atom stereocenters. The number of rotatable bonds is 4. The molecule has 0 aromatic heterocycles. The summed E-state index contributed by atoms with van der Waals surface area (Å²) in [6, 6.07) is 12.9. The van der Waals surface area contributed by atoms with Crippen LogP contribution >= 0.6 is 0 Å². The average molecular weight is 225 g/mol. The lowest BCUT2D eigenvalue weighted by Crippen LogP contribution is -2.23. The lowest BCUT2D eigenvalue weighted by molar-refractivity contribution is 0.303. The second-order valence-corrected chi connectivity index (χ2v) is 4.98. The first-order valence-electron chi connectivity index (χ1n) is 6.43. The van der Waals surface area contributed by atoms with Crippen LogP contribution in [0.4, 0.5) is 0 Å². The number of hydrogen-bond donors (Lipinski definition) is 0. The normalized spacial score (nSPS) is 23.2. The number of benzene rings is 1. The van der Waals surface area contributed by atoms with Crippen LogP contribution < -0.4 is 0 Å². The van der Waals surface area contributed by atoms with Crippen molar-refractivity contribution < 1.29 is 0 Å². The molecule has 0 aliphatic heterocycles. The van der Waals surface area contributed by atoms with Crippen LogP contribution in [0.15, 0.2) is 42.5 Å². The molecule has 0 spiro atoms. The van der Waals surface area contributed by atoms with E-state index in [4.69, 9.17) is 5.26 Å². The lowest BCUT2D eigenvalue weighted by atomic mass is 9.71. The molecule has 1 aromatic rings. The summed E-state index contributed by atoms with van der Waals surface area (Å²) in [4.78, 5) is 0. The van der Waals surface area contributed by atoms with Crippen LogP contribution in [0.25, 0.3) is 0 Å². The third-order valence-corrected chi connectivity index (χ3v) is 3.65. The molecule has 1 aromatic carbocycles. The van der Waals surface area contributed by atoms with E-state index in [2.05, 4.69) is 48.6 Å². The number of nitriles is 1. The van der Waals surface area contributed by atoms with Gasteiger partial charge in [-0.15, -0.1) is 0 Å². The Bertz CT molecular complexity index is 413. The Morgan fingerprint density at radius 2 is 2.06 bits per heavy atom. The van der Waals surface area contributed by atoms with Gasteiger partial charge in [0.15, 0.2) is 0 Å². The predicted octanol–water partition coefficient (Wildman–Crippen LogP) is 4.26. The van der Waals surface area contributed by atoms with Crippen molar-refractivity contribution in [2.75, 3.05) is 0 Å². The molecule has 1 aliphatic rings. The van der Waals surface area contributed by atoms with Gasteiger partial charge in [0.1, 0.15) is 0 Å². The first-order valence-corrected chi connectivity index (χ1v) is 6.43. The molecule has 0 radical (unpaired) electrons. The molecular formula is C16H19N. The highest BCUT2D eigenvalue weighted by molar-refractivity contribution is 5.19. The summed E-state index contributed by atoms with van der Waals surface area (Å²) in [7, 11) is 0. The monoisotopic (exact) mass is 225 g/mol. The van der Waals surface area contributed by atoms with Gasteiger partial charge in [-0.3, -0.25) is 0 Å². The Kier molecular flexibility index (Phi) is 3.98. The Balaban J connectivity index is 2.13. The molecule has 2 rings (SSSR count). The van der Waals surface area contributed by atoms with Crippen molar-refractivity contribution in [3.05, 3.63) is 48.0 Å². The zero-order valence-electron chi connectivity index (χ0n) is 10.2. The molecule has 0 amide bonds. The molecule has 1 aliphatic carbocycles. The minimum absolute atomic E-state index is 0.231. The second-order valence-electron chi connectivity index (χ2n) is 4.98. The molecule has 0 saturated carbocycles. The Hall–Kier alpha value is -1.55. The summed E-state index contributed by atoms with van der Waals surface area (Å²) in [6.45, 7) is 0. The van der Waals surface area contributed by atoms with Crippen LogP contribution in [-0.4, -0.2) is 0 Å². The highest BCUT2D eigenvalue weighted by atomic mass is 14.3. The van der Waals surface area contributed by atoms with E-state index in [0.29, 0.717) is 6.42 Å². The zero-order chi connectivity index (χ0) is 12.0. The molecule has 1 heteroatoms. The first-order chi connectivity index (χ1) is 8.35. The molecule has 0 bridgehead atoms. The van der Waals surface area contributed by atoms with Gasteiger partial charge in [-0.25, -0.2) is 0 Å². The van der Waals surface area contributed by atoms with Crippen LogP contribution in [0.3, 0.4) is 0 Å².